The van der Waals surface area contributed by atoms with Gasteiger partial charge in [-0.15, -0.1) is 0 Å². The fourth-order valence-corrected chi connectivity index (χ4v) is 2.04. The number of rotatable bonds is 3. The first-order valence-corrected chi connectivity index (χ1v) is 6.65. The highest BCUT2D eigenvalue weighted by Gasteiger charge is 2.02. The highest BCUT2D eigenvalue weighted by molar-refractivity contribution is 5.84. The molecule has 0 aliphatic rings. The van der Waals surface area contributed by atoms with E-state index in [1.54, 1.807) is 29.4 Å². The van der Waals surface area contributed by atoms with Crippen molar-refractivity contribution in [3.8, 4) is 5.75 Å². The van der Waals surface area contributed by atoms with Crippen LogP contribution in [0.5, 0.6) is 5.75 Å². The number of phenols is 1. The van der Waals surface area contributed by atoms with E-state index >= 15 is 0 Å². The van der Waals surface area contributed by atoms with Gasteiger partial charge < -0.3 is 5.11 Å². The van der Waals surface area contributed by atoms with Crippen molar-refractivity contribution < 1.29 is 5.11 Å². The number of aromatic nitrogens is 1. The van der Waals surface area contributed by atoms with Gasteiger partial charge in [-0.1, -0.05) is 30.3 Å². The highest BCUT2D eigenvalue weighted by atomic mass is 16.3. The molecule has 0 amide bonds. The first-order valence-electron chi connectivity index (χ1n) is 6.65. The summed E-state index contributed by atoms with van der Waals surface area (Å²) in [5.74, 6) is 0.960. The molecule has 3 rings (SSSR count). The van der Waals surface area contributed by atoms with E-state index < -0.39 is 0 Å². The maximum absolute atomic E-state index is 9.71. The summed E-state index contributed by atoms with van der Waals surface area (Å²) in [6.07, 6.45) is 1.62. The minimum atomic E-state index is 0.209. The lowest BCUT2D eigenvalue weighted by molar-refractivity contribution is 0.474. The number of hydrogen-bond donors (Lipinski definition) is 1. The van der Waals surface area contributed by atoms with Crippen LogP contribution in [0.2, 0.25) is 0 Å². The van der Waals surface area contributed by atoms with Gasteiger partial charge in [0.25, 0.3) is 0 Å². The van der Waals surface area contributed by atoms with E-state index in [0.717, 1.165) is 16.7 Å². The monoisotopic (exact) mass is 277 g/mol. The number of benzene rings is 2. The van der Waals surface area contributed by atoms with Gasteiger partial charge in [-0.3, -0.25) is 5.01 Å². The molecule has 3 aromatic rings. The number of fused-ring (bicyclic) bond motifs is 1. The van der Waals surface area contributed by atoms with Crippen LogP contribution in [0.1, 0.15) is 5.56 Å². The third-order valence-electron chi connectivity index (χ3n) is 3.22. The van der Waals surface area contributed by atoms with E-state index in [2.05, 4.69) is 10.1 Å². The van der Waals surface area contributed by atoms with E-state index in [4.69, 9.17) is 0 Å². The third kappa shape index (κ3) is 2.84. The Morgan fingerprint density at radius 1 is 1.00 bits per heavy atom. The number of phenolic OH excluding ortho intramolecular Hbond substituents is 1. The van der Waals surface area contributed by atoms with E-state index in [0.29, 0.717) is 5.56 Å². The van der Waals surface area contributed by atoms with Crippen LogP contribution in [0.3, 0.4) is 0 Å². The summed E-state index contributed by atoms with van der Waals surface area (Å²) in [6.45, 7) is 0. The van der Waals surface area contributed by atoms with E-state index in [1.165, 1.54) is 0 Å². The zero-order valence-electron chi connectivity index (χ0n) is 11.6. The Morgan fingerprint density at radius 2 is 1.76 bits per heavy atom. The SMILES string of the molecule is CN(/N=C/c1ccccc1O)c1ccc2ccccc2n1. The molecule has 0 saturated carbocycles. The van der Waals surface area contributed by atoms with Crippen molar-refractivity contribution in [3.63, 3.8) is 0 Å². The molecule has 1 aromatic heterocycles. The van der Waals surface area contributed by atoms with Crippen LogP contribution in [0.15, 0.2) is 65.8 Å². The second-order valence-electron chi connectivity index (χ2n) is 4.69. The molecule has 104 valence electrons. The zero-order valence-corrected chi connectivity index (χ0v) is 11.6. The Morgan fingerprint density at radius 3 is 2.62 bits per heavy atom. The molecule has 1 N–H and O–H groups in total. The molecule has 4 heteroatoms. The molecule has 1 heterocycles. The predicted octanol–water partition coefficient (Wildman–Crippen LogP) is 3.41. The van der Waals surface area contributed by atoms with Crippen molar-refractivity contribution >= 4 is 22.9 Å². The lowest BCUT2D eigenvalue weighted by atomic mass is 10.2. The van der Waals surface area contributed by atoms with Crippen LogP contribution in [0, 0.1) is 0 Å². The maximum Gasteiger partial charge on any atom is 0.149 e. The fraction of sp³-hybridized carbons (Fsp3) is 0.0588. The summed E-state index contributed by atoms with van der Waals surface area (Å²) < 4.78 is 0. The quantitative estimate of drug-likeness (QED) is 0.589. The Bertz CT molecular complexity index is 799. The Labute approximate surface area is 123 Å². The summed E-state index contributed by atoms with van der Waals surface area (Å²) >= 11 is 0. The topological polar surface area (TPSA) is 48.7 Å². The molecule has 0 spiro atoms. The van der Waals surface area contributed by atoms with Gasteiger partial charge in [0.2, 0.25) is 0 Å². The van der Waals surface area contributed by atoms with Crippen molar-refractivity contribution in [3.05, 3.63) is 66.2 Å². The molecular formula is C17H15N3O. The highest BCUT2D eigenvalue weighted by Crippen LogP contribution is 2.18. The van der Waals surface area contributed by atoms with Crippen molar-refractivity contribution in [1.82, 2.24) is 4.98 Å². The van der Waals surface area contributed by atoms with Gasteiger partial charge >= 0.3 is 0 Å². The summed E-state index contributed by atoms with van der Waals surface area (Å²) in [6, 6.07) is 19.0. The standard InChI is InChI=1S/C17H15N3O/c1-20(18-12-14-7-3-5-9-16(14)21)17-11-10-13-6-2-4-8-15(13)19-17/h2-12,21H,1H3/b18-12+. The second-order valence-corrected chi connectivity index (χ2v) is 4.69. The molecule has 0 unspecified atom stereocenters. The normalized spacial score (nSPS) is 11.1. The van der Waals surface area contributed by atoms with Crippen LogP contribution in [-0.4, -0.2) is 23.4 Å². The van der Waals surface area contributed by atoms with Crippen molar-refractivity contribution in [2.75, 3.05) is 12.1 Å². The lowest BCUT2D eigenvalue weighted by Crippen LogP contribution is -2.10. The predicted molar refractivity (Wildman–Crippen MR) is 85.8 cm³/mol. The number of hydrogen-bond acceptors (Lipinski definition) is 4. The van der Waals surface area contributed by atoms with Gasteiger partial charge in [-0.2, -0.15) is 5.10 Å². The first kappa shape index (κ1) is 13.1. The van der Waals surface area contributed by atoms with Gasteiger partial charge in [0.15, 0.2) is 0 Å². The molecule has 0 saturated heterocycles. The molecule has 0 radical (unpaired) electrons. The number of nitrogens with zero attached hydrogens (tertiary/aromatic N) is 3. The van der Waals surface area contributed by atoms with Crippen LogP contribution < -0.4 is 5.01 Å². The molecular weight excluding hydrogens is 262 g/mol. The van der Waals surface area contributed by atoms with Crippen LogP contribution in [0.25, 0.3) is 10.9 Å². The maximum atomic E-state index is 9.71. The van der Waals surface area contributed by atoms with E-state index in [-0.39, 0.29) is 5.75 Å². The van der Waals surface area contributed by atoms with Crippen LogP contribution >= 0.6 is 0 Å². The van der Waals surface area contributed by atoms with Crippen LogP contribution in [-0.2, 0) is 0 Å². The molecule has 0 atom stereocenters. The zero-order chi connectivity index (χ0) is 14.7. The summed E-state index contributed by atoms with van der Waals surface area (Å²) in [5.41, 5.74) is 1.60. The molecule has 21 heavy (non-hydrogen) atoms. The minimum Gasteiger partial charge on any atom is -0.507 e. The van der Waals surface area contributed by atoms with Gasteiger partial charge in [0.05, 0.1) is 11.7 Å². The minimum absolute atomic E-state index is 0.209. The lowest BCUT2D eigenvalue weighted by Gasteiger charge is -2.12. The van der Waals surface area contributed by atoms with Crippen LogP contribution in [0.4, 0.5) is 5.82 Å². The number of para-hydroxylation sites is 2. The summed E-state index contributed by atoms with van der Waals surface area (Å²) in [5, 5.41) is 16.8. The average Bonchev–Trinajstić information content (AvgIpc) is 2.53. The van der Waals surface area contributed by atoms with Crippen molar-refractivity contribution in [2.24, 2.45) is 5.10 Å². The molecule has 0 aliphatic heterocycles. The van der Waals surface area contributed by atoms with E-state index in [9.17, 15) is 5.11 Å². The number of anilines is 1. The molecule has 0 aliphatic carbocycles. The largest absolute Gasteiger partial charge is 0.507 e. The average molecular weight is 277 g/mol. The number of pyridine rings is 1. The van der Waals surface area contributed by atoms with E-state index in [1.807, 2.05) is 49.5 Å². The third-order valence-corrected chi connectivity index (χ3v) is 3.22. The van der Waals surface area contributed by atoms with Crippen molar-refractivity contribution in [1.29, 1.82) is 0 Å². The van der Waals surface area contributed by atoms with Gasteiger partial charge in [-0.05, 0) is 30.3 Å². The molecule has 0 bridgehead atoms. The Kier molecular flexibility index (Phi) is 3.51. The fourth-order valence-electron chi connectivity index (χ4n) is 2.04. The Balaban J connectivity index is 1.87. The van der Waals surface area contributed by atoms with Gasteiger partial charge in [-0.25, -0.2) is 4.98 Å². The molecule has 2 aromatic carbocycles. The van der Waals surface area contributed by atoms with Gasteiger partial charge in [0.1, 0.15) is 11.6 Å². The smallest absolute Gasteiger partial charge is 0.149 e. The molecule has 4 nitrogen and oxygen atoms in total. The number of hydrazone groups is 1. The van der Waals surface area contributed by atoms with Crippen molar-refractivity contribution in [2.45, 2.75) is 0 Å². The second kappa shape index (κ2) is 5.63. The summed E-state index contributed by atoms with van der Waals surface area (Å²) in [4.78, 5) is 4.56. The number of aromatic hydroxyl groups is 1. The summed E-state index contributed by atoms with van der Waals surface area (Å²) in [7, 11) is 1.83. The first-order chi connectivity index (χ1) is 10.2. The molecule has 0 fully saturated rings. The van der Waals surface area contributed by atoms with Gasteiger partial charge in [0, 0.05) is 18.0 Å². The Hall–Kier alpha value is -2.88.